The first-order chi connectivity index (χ1) is 7.77. The number of aromatic nitrogens is 2. The number of amides is 1. The van der Waals surface area contributed by atoms with Gasteiger partial charge in [-0.15, -0.1) is 0 Å². The molecule has 0 bridgehead atoms. The number of hydrogen-bond acceptors (Lipinski definition) is 2. The van der Waals surface area contributed by atoms with Gasteiger partial charge in [-0.3, -0.25) is 14.4 Å². The van der Waals surface area contributed by atoms with Crippen LogP contribution in [0.25, 0.3) is 10.9 Å². The fourth-order valence-electron chi connectivity index (χ4n) is 2.27. The molecule has 16 heavy (non-hydrogen) atoms. The molecule has 4 heteroatoms. The normalized spacial score (nSPS) is 16.3. The van der Waals surface area contributed by atoms with E-state index >= 15 is 0 Å². The molecule has 4 nitrogen and oxygen atoms in total. The third-order valence-electron chi connectivity index (χ3n) is 3.07. The summed E-state index contributed by atoms with van der Waals surface area (Å²) < 4.78 is 1.83. The van der Waals surface area contributed by atoms with Crippen molar-refractivity contribution < 1.29 is 4.79 Å². The molecule has 1 aliphatic rings. The highest BCUT2D eigenvalue weighted by atomic mass is 16.2. The topological polar surface area (TPSA) is 38.1 Å². The molecule has 0 radical (unpaired) electrons. The van der Waals surface area contributed by atoms with Crippen molar-refractivity contribution in [3.8, 4) is 0 Å². The minimum Gasteiger partial charge on any atom is -0.295 e. The molecule has 0 spiro atoms. The Labute approximate surface area is 93.5 Å². The Morgan fingerprint density at radius 1 is 1.31 bits per heavy atom. The van der Waals surface area contributed by atoms with E-state index in [1.54, 1.807) is 4.90 Å². The van der Waals surface area contributed by atoms with Gasteiger partial charge in [-0.05, 0) is 18.6 Å². The second-order valence-corrected chi connectivity index (χ2v) is 4.11. The predicted octanol–water partition coefficient (Wildman–Crippen LogP) is 1.70. The van der Waals surface area contributed by atoms with Gasteiger partial charge in [0.2, 0.25) is 5.91 Å². The van der Waals surface area contributed by atoms with Crippen LogP contribution in [-0.2, 0) is 11.8 Å². The van der Waals surface area contributed by atoms with Crippen molar-refractivity contribution >= 4 is 22.6 Å². The summed E-state index contributed by atoms with van der Waals surface area (Å²) in [7, 11) is 1.91. The Hall–Kier alpha value is -1.84. The Bertz CT molecular complexity index is 558. The fourth-order valence-corrected chi connectivity index (χ4v) is 2.27. The van der Waals surface area contributed by atoms with Gasteiger partial charge in [0, 0.05) is 25.4 Å². The summed E-state index contributed by atoms with van der Waals surface area (Å²) in [6.07, 6.45) is 1.58. The van der Waals surface area contributed by atoms with Crippen molar-refractivity contribution in [3.05, 3.63) is 24.3 Å². The van der Waals surface area contributed by atoms with Crippen molar-refractivity contribution in [2.45, 2.75) is 12.8 Å². The summed E-state index contributed by atoms with van der Waals surface area (Å²) in [6.45, 7) is 0.792. The second kappa shape index (κ2) is 3.33. The Morgan fingerprint density at radius 3 is 2.88 bits per heavy atom. The Kier molecular flexibility index (Phi) is 1.96. The number of hydrogen-bond donors (Lipinski definition) is 0. The van der Waals surface area contributed by atoms with Gasteiger partial charge in [-0.2, -0.15) is 5.10 Å². The molecule has 1 fully saturated rings. The zero-order valence-electron chi connectivity index (χ0n) is 9.18. The largest absolute Gasteiger partial charge is 0.295 e. The van der Waals surface area contributed by atoms with Crippen LogP contribution >= 0.6 is 0 Å². The first-order valence-corrected chi connectivity index (χ1v) is 5.49. The molecule has 1 aliphatic heterocycles. The number of anilines is 1. The van der Waals surface area contributed by atoms with Crippen LogP contribution in [0.2, 0.25) is 0 Å². The lowest BCUT2D eigenvalue weighted by Gasteiger charge is -2.11. The van der Waals surface area contributed by atoms with Crippen LogP contribution in [0.5, 0.6) is 0 Å². The number of nitrogens with zero attached hydrogens (tertiary/aromatic N) is 3. The van der Waals surface area contributed by atoms with Crippen LogP contribution in [-0.4, -0.2) is 22.2 Å². The molecular formula is C12H13N3O. The zero-order chi connectivity index (χ0) is 11.1. The SMILES string of the molecule is Cn1nc(N2CCCC2=O)c2ccccc21. The third kappa shape index (κ3) is 1.23. The van der Waals surface area contributed by atoms with E-state index in [1.165, 1.54) is 0 Å². The summed E-state index contributed by atoms with van der Waals surface area (Å²) in [6, 6.07) is 8.00. The molecule has 0 saturated carbocycles. The van der Waals surface area contributed by atoms with E-state index in [1.807, 2.05) is 36.0 Å². The van der Waals surface area contributed by atoms with Crippen molar-refractivity contribution in [1.82, 2.24) is 9.78 Å². The number of carbonyl (C=O) groups excluding carboxylic acids is 1. The van der Waals surface area contributed by atoms with E-state index in [0.717, 1.165) is 29.7 Å². The lowest BCUT2D eigenvalue weighted by molar-refractivity contribution is -0.117. The highest BCUT2D eigenvalue weighted by molar-refractivity contribution is 6.02. The molecule has 0 aliphatic carbocycles. The average molecular weight is 215 g/mol. The maximum atomic E-state index is 11.7. The molecule has 1 saturated heterocycles. The molecule has 0 N–H and O–H groups in total. The van der Waals surface area contributed by atoms with Crippen LogP contribution in [0, 0.1) is 0 Å². The molecule has 1 aromatic carbocycles. The minimum atomic E-state index is 0.184. The molecular weight excluding hydrogens is 202 g/mol. The van der Waals surface area contributed by atoms with Gasteiger partial charge in [0.1, 0.15) is 0 Å². The van der Waals surface area contributed by atoms with Gasteiger partial charge in [0.15, 0.2) is 5.82 Å². The second-order valence-electron chi connectivity index (χ2n) is 4.11. The molecule has 2 aromatic rings. The minimum absolute atomic E-state index is 0.184. The van der Waals surface area contributed by atoms with Crippen molar-refractivity contribution in [1.29, 1.82) is 0 Å². The van der Waals surface area contributed by atoms with E-state index in [9.17, 15) is 4.79 Å². The van der Waals surface area contributed by atoms with Gasteiger partial charge in [-0.1, -0.05) is 12.1 Å². The maximum Gasteiger partial charge on any atom is 0.228 e. The number of para-hydroxylation sites is 1. The highest BCUT2D eigenvalue weighted by Gasteiger charge is 2.25. The first kappa shape index (κ1) is 9.39. The molecule has 82 valence electrons. The Morgan fingerprint density at radius 2 is 2.12 bits per heavy atom. The smallest absolute Gasteiger partial charge is 0.228 e. The number of aryl methyl sites for hydroxylation is 1. The fraction of sp³-hybridized carbons (Fsp3) is 0.333. The highest BCUT2D eigenvalue weighted by Crippen LogP contribution is 2.28. The van der Waals surface area contributed by atoms with Crippen LogP contribution < -0.4 is 4.90 Å². The van der Waals surface area contributed by atoms with Crippen molar-refractivity contribution in [2.24, 2.45) is 7.05 Å². The number of carbonyl (C=O) groups is 1. The number of fused-ring (bicyclic) bond motifs is 1. The summed E-state index contributed by atoms with van der Waals surface area (Å²) >= 11 is 0. The molecule has 0 unspecified atom stereocenters. The van der Waals surface area contributed by atoms with Gasteiger partial charge in [0.05, 0.1) is 5.52 Å². The van der Waals surface area contributed by atoms with Crippen LogP contribution in [0.15, 0.2) is 24.3 Å². The van der Waals surface area contributed by atoms with Gasteiger partial charge >= 0.3 is 0 Å². The van der Waals surface area contributed by atoms with Crippen LogP contribution in [0.1, 0.15) is 12.8 Å². The molecule has 1 amide bonds. The lowest BCUT2D eigenvalue weighted by Crippen LogP contribution is -2.24. The van der Waals surface area contributed by atoms with Gasteiger partial charge in [-0.25, -0.2) is 0 Å². The van der Waals surface area contributed by atoms with E-state index in [0.29, 0.717) is 6.42 Å². The summed E-state index contributed by atoms with van der Waals surface area (Å²) in [5.41, 5.74) is 1.07. The first-order valence-electron chi connectivity index (χ1n) is 5.49. The summed E-state index contributed by atoms with van der Waals surface area (Å²) in [5.74, 6) is 0.990. The molecule has 3 rings (SSSR count). The van der Waals surface area contributed by atoms with Crippen LogP contribution in [0.3, 0.4) is 0 Å². The Balaban J connectivity index is 2.20. The predicted molar refractivity (Wildman–Crippen MR) is 62.3 cm³/mol. The van der Waals surface area contributed by atoms with Crippen molar-refractivity contribution in [3.63, 3.8) is 0 Å². The standard InChI is InChI=1S/C12H13N3O/c1-14-10-6-3-2-5-9(10)12(13-14)15-8-4-7-11(15)16/h2-3,5-6H,4,7-8H2,1H3. The molecule has 1 aromatic heterocycles. The molecule has 2 heterocycles. The molecule has 0 atom stereocenters. The van der Waals surface area contributed by atoms with Gasteiger partial charge in [0.25, 0.3) is 0 Å². The van der Waals surface area contributed by atoms with E-state index in [2.05, 4.69) is 5.10 Å². The van der Waals surface area contributed by atoms with E-state index in [4.69, 9.17) is 0 Å². The maximum absolute atomic E-state index is 11.7. The van der Waals surface area contributed by atoms with E-state index in [-0.39, 0.29) is 5.91 Å². The third-order valence-corrected chi connectivity index (χ3v) is 3.07. The average Bonchev–Trinajstić information content (AvgIpc) is 2.84. The lowest BCUT2D eigenvalue weighted by atomic mass is 10.2. The summed E-state index contributed by atoms with van der Waals surface area (Å²) in [4.78, 5) is 13.5. The zero-order valence-corrected chi connectivity index (χ0v) is 9.18. The monoisotopic (exact) mass is 215 g/mol. The van der Waals surface area contributed by atoms with Crippen LogP contribution in [0.4, 0.5) is 5.82 Å². The van der Waals surface area contributed by atoms with Crippen molar-refractivity contribution in [2.75, 3.05) is 11.4 Å². The van der Waals surface area contributed by atoms with E-state index < -0.39 is 0 Å². The van der Waals surface area contributed by atoms with Gasteiger partial charge < -0.3 is 0 Å². The number of rotatable bonds is 1. The number of benzene rings is 1. The summed E-state index contributed by atoms with van der Waals surface area (Å²) in [5, 5.41) is 5.50. The quantitative estimate of drug-likeness (QED) is 0.726.